The predicted molar refractivity (Wildman–Crippen MR) is 144 cm³/mol. The Labute approximate surface area is 223 Å². The van der Waals surface area contributed by atoms with Crippen molar-refractivity contribution in [2.24, 2.45) is 0 Å². The minimum absolute atomic E-state index is 0.0485. The monoisotopic (exact) mass is 518 g/mol. The van der Waals surface area contributed by atoms with Crippen LogP contribution >= 0.6 is 0 Å². The summed E-state index contributed by atoms with van der Waals surface area (Å²) >= 11 is 0. The summed E-state index contributed by atoms with van der Waals surface area (Å²) in [6, 6.07) is 22.1. The van der Waals surface area contributed by atoms with Gasteiger partial charge >= 0.3 is 0 Å². The van der Waals surface area contributed by atoms with Gasteiger partial charge < -0.3 is 19.7 Å². The van der Waals surface area contributed by atoms with Crippen molar-refractivity contribution in [2.45, 2.75) is 57.2 Å². The molecule has 200 valence electrons. The van der Waals surface area contributed by atoms with Gasteiger partial charge in [-0.25, -0.2) is 4.39 Å². The summed E-state index contributed by atoms with van der Waals surface area (Å²) in [5.74, 6) is 0.120. The molecule has 1 aliphatic carbocycles. The summed E-state index contributed by atoms with van der Waals surface area (Å²) in [6.45, 7) is -0.337. The second-order valence-corrected chi connectivity index (χ2v) is 9.63. The lowest BCUT2D eigenvalue weighted by Crippen LogP contribution is -2.53. The molecule has 0 bridgehead atoms. The van der Waals surface area contributed by atoms with Gasteiger partial charge in [-0.1, -0.05) is 67.8 Å². The molecule has 38 heavy (non-hydrogen) atoms. The number of amides is 2. The van der Waals surface area contributed by atoms with Crippen molar-refractivity contribution in [3.63, 3.8) is 0 Å². The van der Waals surface area contributed by atoms with Crippen LogP contribution in [0.25, 0.3) is 0 Å². The van der Waals surface area contributed by atoms with Crippen LogP contribution < -0.4 is 14.8 Å². The van der Waals surface area contributed by atoms with E-state index in [1.807, 2.05) is 30.3 Å². The van der Waals surface area contributed by atoms with E-state index < -0.39 is 17.8 Å². The minimum Gasteiger partial charge on any atom is -0.497 e. The van der Waals surface area contributed by atoms with E-state index in [9.17, 15) is 14.0 Å². The highest BCUT2D eigenvalue weighted by Gasteiger charge is 2.32. The molecule has 1 saturated carbocycles. The predicted octanol–water partition coefficient (Wildman–Crippen LogP) is 5.30. The van der Waals surface area contributed by atoms with E-state index in [0.29, 0.717) is 23.5 Å². The van der Waals surface area contributed by atoms with Crippen molar-refractivity contribution >= 4 is 11.8 Å². The van der Waals surface area contributed by atoms with Crippen molar-refractivity contribution < 1.29 is 23.5 Å². The normalized spacial score (nSPS) is 14.4. The van der Waals surface area contributed by atoms with E-state index in [1.54, 1.807) is 49.6 Å². The van der Waals surface area contributed by atoms with Gasteiger partial charge in [0.2, 0.25) is 5.91 Å². The zero-order chi connectivity index (χ0) is 26.7. The van der Waals surface area contributed by atoms with Gasteiger partial charge in [0, 0.05) is 24.6 Å². The molecule has 6 nitrogen and oxygen atoms in total. The maximum absolute atomic E-state index is 14.7. The van der Waals surface area contributed by atoms with E-state index in [4.69, 9.17) is 9.47 Å². The third-order valence-corrected chi connectivity index (χ3v) is 6.94. The van der Waals surface area contributed by atoms with Gasteiger partial charge in [-0.15, -0.1) is 0 Å². The summed E-state index contributed by atoms with van der Waals surface area (Å²) in [6.07, 6.45) is 5.46. The fraction of sp³-hybridized carbons (Fsp3) is 0.355. The molecule has 3 aromatic carbocycles. The molecule has 1 unspecified atom stereocenters. The van der Waals surface area contributed by atoms with Gasteiger partial charge in [0.1, 0.15) is 23.4 Å². The summed E-state index contributed by atoms with van der Waals surface area (Å²) in [5.41, 5.74) is 1.26. The summed E-state index contributed by atoms with van der Waals surface area (Å²) in [4.78, 5) is 28.8. The zero-order valence-electron chi connectivity index (χ0n) is 21.8. The number of halogens is 1. The molecule has 1 N–H and O–H groups in total. The van der Waals surface area contributed by atoms with Gasteiger partial charge in [0.15, 0.2) is 6.61 Å². The van der Waals surface area contributed by atoms with Crippen LogP contribution in [-0.4, -0.2) is 42.5 Å². The number of hydrogen-bond donors (Lipinski definition) is 1. The molecule has 1 fully saturated rings. The van der Waals surface area contributed by atoms with Crippen LogP contribution in [0.2, 0.25) is 0 Å². The first-order valence-corrected chi connectivity index (χ1v) is 13.2. The Morgan fingerprint density at radius 1 is 0.921 bits per heavy atom. The average Bonchev–Trinajstić information content (AvgIpc) is 2.96. The molecule has 4 rings (SSSR count). The number of carbonyl (C=O) groups excluding carboxylic acids is 2. The fourth-order valence-electron chi connectivity index (χ4n) is 4.81. The van der Waals surface area contributed by atoms with Crippen molar-refractivity contribution in [2.75, 3.05) is 13.7 Å². The van der Waals surface area contributed by atoms with Gasteiger partial charge in [-0.3, -0.25) is 9.59 Å². The number of hydrogen-bond acceptors (Lipinski definition) is 4. The molecule has 0 radical (unpaired) electrons. The van der Waals surface area contributed by atoms with Crippen LogP contribution in [0.15, 0.2) is 78.9 Å². The van der Waals surface area contributed by atoms with E-state index in [0.717, 1.165) is 31.2 Å². The van der Waals surface area contributed by atoms with Crippen LogP contribution in [0.3, 0.4) is 0 Å². The van der Waals surface area contributed by atoms with E-state index in [1.165, 1.54) is 17.4 Å². The van der Waals surface area contributed by atoms with E-state index in [2.05, 4.69) is 5.32 Å². The first-order chi connectivity index (χ1) is 18.5. The highest BCUT2D eigenvalue weighted by Crippen LogP contribution is 2.21. The van der Waals surface area contributed by atoms with Crippen LogP contribution in [0.1, 0.15) is 43.2 Å². The Balaban J connectivity index is 1.60. The second kappa shape index (κ2) is 13.6. The van der Waals surface area contributed by atoms with Crippen LogP contribution in [-0.2, 0) is 22.6 Å². The first-order valence-electron chi connectivity index (χ1n) is 13.2. The Kier molecular flexibility index (Phi) is 9.73. The lowest BCUT2D eigenvalue weighted by molar-refractivity contribution is -0.143. The van der Waals surface area contributed by atoms with Crippen LogP contribution in [0, 0.1) is 5.82 Å². The molecular weight excluding hydrogens is 483 g/mol. The van der Waals surface area contributed by atoms with Gasteiger partial charge in [0.05, 0.1) is 7.11 Å². The SMILES string of the molecule is COc1ccc(OCC(=O)N(Cc2ccccc2F)C(Cc2ccccc2)C(=O)NC2CCCCC2)cc1. The number of methoxy groups -OCH3 is 1. The number of nitrogens with zero attached hydrogens (tertiary/aromatic N) is 1. The second-order valence-electron chi connectivity index (χ2n) is 9.63. The highest BCUT2D eigenvalue weighted by atomic mass is 19.1. The van der Waals surface area contributed by atoms with Gasteiger partial charge in [-0.05, 0) is 48.7 Å². The number of ether oxygens (including phenoxy) is 2. The highest BCUT2D eigenvalue weighted by molar-refractivity contribution is 5.88. The van der Waals surface area contributed by atoms with E-state index >= 15 is 0 Å². The molecule has 0 aliphatic heterocycles. The molecule has 1 aliphatic rings. The Morgan fingerprint density at radius 3 is 2.26 bits per heavy atom. The molecular formula is C31H35FN2O4. The smallest absolute Gasteiger partial charge is 0.261 e. The Morgan fingerprint density at radius 2 is 1.58 bits per heavy atom. The summed E-state index contributed by atoms with van der Waals surface area (Å²) < 4.78 is 25.7. The lowest BCUT2D eigenvalue weighted by atomic mass is 9.94. The average molecular weight is 519 g/mol. The number of rotatable bonds is 11. The Bertz CT molecular complexity index is 1180. The quantitative estimate of drug-likeness (QED) is 0.374. The molecule has 2 amide bonds. The molecule has 3 aromatic rings. The zero-order valence-corrected chi connectivity index (χ0v) is 21.8. The van der Waals surface area contributed by atoms with Gasteiger partial charge in [-0.2, -0.15) is 0 Å². The Hall–Kier alpha value is -3.87. The first kappa shape index (κ1) is 27.2. The van der Waals surface area contributed by atoms with Crippen molar-refractivity contribution in [1.82, 2.24) is 10.2 Å². The molecule has 0 aromatic heterocycles. The van der Waals surface area contributed by atoms with Gasteiger partial charge in [0.25, 0.3) is 5.91 Å². The molecule has 0 heterocycles. The molecule has 0 saturated heterocycles. The number of nitrogens with one attached hydrogen (secondary N) is 1. The maximum Gasteiger partial charge on any atom is 0.261 e. The van der Waals surface area contributed by atoms with E-state index in [-0.39, 0.29) is 25.1 Å². The minimum atomic E-state index is -0.828. The number of benzene rings is 3. The summed E-state index contributed by atoms with van der Waals surface area (Å²) in [5, 5.41) is 3.18. The number of carbonyl (C=O) groups is 2. The maximum atomic E-state index is 14.7. The molecule has 1 atom stereocenters. The third kappa shape index (κ3) is 7.57. The van der Waals surface area contributed by atoms with Crippen molar-refractivity contribution in [1.29, 1.82) is 0 Å². The summed E-state index contributed by atoms with van der Waals surface area (Å²) in [7, 11) is 1.57. The lowest BCUT2D eigenvalue weighted by Gasteiger charge is -2.33. The molecule has 0 spiro atoms. The standard InChI is InChI=1S/C31H35FN2O4/c1-37-26-16-18-27(19-17-26)38-22-30(35)34(21-24-12-8-9-15-28(24)32)29(20-23-10-4-2-5-11-23)31(36)33-25-13-6-3-7-14-25/h2,4-5,8-12,15-19,25,29H,3,6-7,13-14,20-22H2,1H3,(H,33,36). The topological polar surface area (TPSA) is 67.9 Å². The largest absolute Gasteiger partial charge is 0.497 e. The van der Waals surface area contributed by atoms with Crippen molar-refractivity contribution in [3.8, 4) is 11.5 Å². The molecule has 7 heteroatoms. The third-order valence-electron chi connectivity index (χ3n) is 6.94. The van der Waals surface area contributed by atoms with Crippen LogP contribution in [0.5, 0.6) is 11.5 Å². The van der Waals surface area contributed by atoms with Crippen LogP contribution in [0.4, 0.5) is 4.39 Å². The fourth-order valence-corrected chi connectivity index (χ4v) is 4.81. The van der Waals surface area contributed by atoms with Crippen molar-refractivity contribution in [3.05, 3.63) is 95.8 Å².